The summed E-state index contributed by atoms with van der Waals surface area (Å²) in [4.78, 5) is 15.1. The lowest BCUT2D eigenvalue weighted by Crippen LogP contribution is -2.41. The predicted octanol–water partition coefficient (Wildman–Crippen LogP) is 3.65. The van der Waals surface area contributed by atoms with E-state index >= 15 is 0 Å². The predicted molar refractivity (Wildman–Crippen MR) is 92.3 cm³/mol. The van der Waals surface area contributed by atoms with Gasteiger partial charge in [0.2, 0.25) is 0 Å². The Bertz CT molecular complexity index is 571. The third kappa shape index (κ3) is 3.59. The summed E-state index contributed by atoms with van der Waals surface area (Å²) >= 11 is 0. The average Bonchev–Trinajstić information content (AvgIpc) is 3.53. The highest BCUT2D eigenvalue weighted by Gasteiger charge is 2.41. The molecule has 0 spiro atoms. The first-order valence-corrected chi connectivity index (χ1v) is 9.39. The number of carbonyl (C=O) groups excluding carboxylic acids is 1. The number of ether oxygens (including phenoxy) is 2. The Balaban J connectivity index is 1.38. The van der Waals surface area contributed by atoms with Crippen LogP contribution < -0.4 is 4.74 Å². The highest BCUT2D eigenvalue weighted by atomic mass is 16.5. The van der Waals surface area contributed by atoms with E-state index in [2.05, 4.69) is 11.8 Å². The molecule has 0 N–H and O–H groups in total. The highest BCUT2D eigenvalue weighted by Crippen LogP contribution is 2.40. The molecule has 2 atom stereocenters. The van der Waals surface area contributed by atoms with Crippen LogP contribution in [0, 0.1) is 5.92 Å². The molecule has 1 saturated heterocycles. The number of amides is 1. The molecule has 4 heteroatoms. The van der Waals surface area contributed by atoms with Gasteiger partial charge in [-0.05, 0) is 75.6 Å². The first kappa shape index (κ1) is 15.9. The molecule has 1 heterocycles. The molecule has 0 bridgehead atoms. The fraction of sp³-hybridized carbons (Fsp3) is 0.650. The SMILES string of the molecule is CC(C1CC1)N(C(=O)c1ccc(OCC2CCCO2)cc1)C1CC1. The largest absolute Gasteiger partial charge is 0.491 e. The van der Waals surface area contributed by atoms with Crippen LogP contribution in [0.25, 0.3) is 0 Å². The summed E-state index contributed by atoms with van der Waals surface area (Å²) < 4.78 is 11.4. The van der Waals surface area contributed by atoms with Crippen molar-refractivity contribution in [3.05, 3.63) is 29.8 Å². The van der Waals surface area contributed by atoms with Gasteiger partial charge in [-0.15, -0.1) is 0 Å². The van der Waals surface area contributed by atoms with E-state index in [0.717, 1.165) is 43.6 Å². The van der Waals surface area contributed by atoms with Crippen LogP contribution in [0.2, 0.25) is 0 Å². The molecule has 1 amide bonds. The van der Waals surface area contributed by atoms with Gasteiger partial charge in [0.1, 0.15) is 12.4 Å². The van der Waals surface area contributed by atoms with Crippen molar-refractivity contribution in [1.29, 1.82) is 0 Å². The van der Waals surface area contributed by atoms with Gasteiger partial charge in [0, 0.05) is 24.3 Å². The van der Waals surface area contributed by atoms with Crippen molar-refractivity contribution < 1.29 is 14.3 Å². The van der Waals surface area contributed by atoms with Gasteiger partial charge in [0.05, 0.1) is 6.10 Å². The summed E-state index contributed by atoms with van der Waals surface area (Å²) in [6.07, 6.45) is 7.28. The third-order valence-corrected chi connectivity index (χ3v) is 5.48. The van der Waals surface area contributed by atoms with Gasteiger partial charge in [0.15, 0.2) is 0 Å². The second kappa shape index (κ2) is 6.75. The molecule has 3 fully saturated rings. The zero-order valence-electron chi connectivity index (χ0n) is 14.4. The normalized spacial score (nSPS) is 24.6. The van der Waals surface area contributed by atoms with Crippen molar-refractivity contribution >= 4 is 5.91 Å². The van der Waals surface area contributed by atoms with E-state index in [-0.39, 0.29) is 12.0 Å². The molecular formula is C20H27NO3. The van der Waals surface area contributed by atoms with Crippen molar-refractivity contribution in [3.8, 4) is 5.75 Å². The van der Waals surface area contributed by atoms with Gasteiger partial charge >= 0.3 is 0 Å². The number of nitrogens with zero attached hydrogens (tertiary/aromatic N) is 1. The lowest BCUT2D eigenvalue weighted by Gasteiger charge is -2.29. The Morgan fingerprint density at radius 2 is 1.96 bits per heavy atom. The summed E-state index contributed by atoms with van der Waals surface area (Å²) in [5, 5.41) is 0. The number of hydrogen-bond donors (Lipinski definition) is 0. The number of hydrogen-bond acceptors (Lipinski definition) is 3. The van der Waals surface area contributed by atoms with E-state index in [4.69, 9.17) is 9.47 Å². The molecule has 4 nitrogen and oxygen atoms in total. The smallest absolute Gasteiger partial charge is 0.254 e. The molecule has 2 aliphatic carbocycles. The Hall–Kier alpha value is -1.55. The minimum atomic E-state index is 0.183. The molecule has 130 valence electrons. The average molecular weight is 329 g/mol. The summed E-state index contributed by atoms with van der Waals surface area (Å²) in [7, 11) is 0. The molecule has 0 radical (unpaired) electrons. The van der Waals surface area contributed by atoms with Crippen molar-refractivity contribution in [3.63, 3.8) is 0 Å². The molecule has 24 heavy (non-hydrogen) atoms. The van der Waals surface area contributed by atoms with Crippen LogP contribution in [-0.2, 0) is 4.74 Å². The second-order valence-electron chi connectivity index (χ2n) is 7.49. The van der Waals surface area contributed by atoms with E-state index in [1.54, 1.807) is 0 Å². The molecule has 3 aliphatic rings. The van der Waals surface area contributed by atoms with Gasteiger partial charge in [-0.25, -0.2) is 0 Å². The molecule has 1 aromatic carbocycles. The Morgan fingerprint density at radius 1 is 1.21 bits per heavy atom. The molecule has 4 rings (SSSR count). The maximum atomic E-state index is 12.9. The van der Waals surface area contributed by atoms with Crippen LogP contribution in [-0.4, -0.2) is 42.2 Å². The summed E-state index contributed by atoms with van der Waals surface area (Å²) in [5.41, 5.74) is 0.777. The van der Waals surface area contributed by atoms with E-state index < -0.39 is 0 Å². The maximum Gasteiger partial charge on any atom is 0.254 e. The fourth-order valence-electron chi connectivity index (χ4n) is 3.65. The highest BCUT2D eigenvalue weighted by molar-refractivity contribution is 5.95. The first-order valence-electron chi connectivity index (χ1n) is 9.39. The summed E-state index contributed by atoms with van der Waals surface area (Å²) in [5.74, 6) is 1.71. The van der Waals surface area contributed by atoms with Crippen LogP contribution in [0.4, 0.5) is 0 Å². The number of rotatable bonds is 7. The molecular weight excluding hydrogens is 302 g/mol. The monoisotopic (exact) mass is 329 g/mol. The number of carbonyl (C=O) groups is 1. The standard InChI is InChI=1S/C20H27NO3/c1-14(15-4-5-15)21(17-8-9-17)20(22)16-6-10-18(11-7-16)24-13-19-3-2-12-23-19/h6-7,10-11,14-15,17,19H,2-5,8-9,12-13H2,1H3. The third-order valence-electron chi connectivity index (χ3n) is 5.48. The minimum absolute atomic E-state index is 0.183. The first-order chi connectivity index (χ1) is 11.7. The van der Waals surface area contributed by atoms with Crippen molar-refractivity contribution in [2.75, 3.05) is 13.2 Å². The lowest BCUT2D eigenvalue weighted by atomic mass is 10.1. The van der Waals surface area contributed by atoms with E-state index in [1.807, 2.05) is 24.3 Å². The Labute approximate surface area is 144 Å². The van der Waals surface area contributed by atoms with Crippen molar-refractivity contribution in [2.45, 2.75) is 63.6 Å². The minimum Gasteiger partial charge on any atom is -0.491 e. The Kier molecular flexibility index (Phi) is 4.49. The van der Waals surface area contributed by atoms with Crippen LogP contribution in [0.1, 0.15) is 55.8 Å². The van der Waals surface area contributed by atoms with Gasteiger partial charge in [-0.1, -0.05) is 0 Å². The molecule has 2 unspecified atom stereocenters. The van der Waals surface area contributed by atoms with Gasteiger partial charge < -0.3 is 14.4 Å². The topological polar surface area (TPSA) is 38.8 Å². The van der Waals surface area contributed by atoms with Crippen LogP contribution in [0.5, 0.6) is 5.75 Å². The van der Waals surface area contributed by atoms with Crippen LogP contribution in [0.15, 0.2) is 24.3 Å². The van der Waals surface area contributed by atoms with E-state index in [0.29, 0.717) is 24.6 Å². The van der Waals surface area contributed by atoms with Gasteiger partial charge in [0.25, 0.3) is 5.91 Å². The van der Waals surface area contributed by atoms with Crippen LogP contribution >= 0.6 is 0 Å². The quantitative estimate of drug-likeness (QED) is 0.766. The maximum absolute atomic E-state index is 12.9. The van der Waals surface area contributed by atoms with Gasteiger partial charge in [-0.3, -0.25) is 4.79 Å². The van der Waals surface area contributed by atoms with Crippen molar-refractivity contribution in [1.82, 2.24) is 4.90 Å². The van der Waals surface area contributed by atoms with Gasteiger partial charge in [-0.2, -0.15) is 0 Å². The molecule has 0 aromatic heterocycles. The van der Waals surface area contributed by atoms with Crippen molar-refractivity contribution in [2.24, 2.45) is 5.92 Å². The van der Waals surface area contributed by atoms with Crippen LogP contribution in [0.3, 0.4) is 0 Å². The molecule has 2 saturated carbocycles. The molecule has 1 aromatic rings. The summed E-state index contributed by atoms with van der Waals surface area (Å²) in [6, 6.07) is 8.47. The number of benzene rings is 1. The van der Waals surface area contributed by atoms with E-state index in [1.165, 1.54) is 12.8 Å². The fourth-order valence-corrected chi connectivity index (χ4v) is 3.65. The zero-order chi connectivity index (χ0) is 16.5. The zero-order valence-corrected chi connectivity index (χ0v) is 14.4. The van der Waals surface area contributed by atoms with E-state index in [9.17, 15) is 4.79 Å². The summed E-state index contributed by atoms with van der Waals surface area (Å²) in [6.45, 7) is 3.66. The molecule has 1 aliphatic heterocycles. The lowest BCUT2D eigenvalue weighted by molar-refractivity contribution is 0.0651. The Morgan fingerprint density at radius 3 is 2.54 bits per heavy atom. The second-order valence-corrected chi connectivity index (χ2v) is 7.49.